The third-order valence-corrected chi connectivity index (χ3v) is 5.34. The molecule has 1 amide bonds. The van der Waals surface area contributed by atoms with Gasteiger partial charge >= 0.3 is 0 Å². The number of ether oxygens (including phenoxy) is 1. The SMILES string of the molecule is CCC(C)N(CCNC(=O)COc1ccc(Cl)cc1Cl)S(C)(=O)=O. The van der Waals surface area contributed by atoms with E-state index in [9.17, 15) is 13.2 Å². The summed E-state index contributed by atoms with van der Waals surface area (Å²) in [7, 11) is -3.32. The van der Waals surface area contributed by atoms with E-state index in [1.807, 2.05) is 13.8 Å². The van der Waals surface area contributed by atoms with Gasteiger partial charge in [-0.2, -0.15) is 4.31 Å². The Morgan fingerprint density at radius 1 is 1.38 bits per heavy atom. The van der Waals surface area contributed by atoms with Crippen LogP contribution in [0.3, 0.4) is 0 Å². The lowest BCUT2D eigenvalue weighted by molar-refractivity contribution is -0.123. The molecule has 0 bridgehead atoms. The Balaban J connectivity index is 2.45. The van der Waals surface area contributed by atoms with Crippen molar-refractivity contribution in [3.63, 3.8) is 0 Å². The molecular weight excluding hydrogens is 375 g/mol. The smallest absolute Gasteiger partial charge is 0.257 e. The van der Waals surface area contributed by atoms with Crippen LogP contribution < -0.4 is 10.1 Å². The molecule has 136 valence electrons. The van der Waals surface area contributed by atoms with E-state index in [-0.39, 0.29) is 31.6 Å². The van der Waals surface area contributed by atoms with E-state index >= 15 is 0 Å². The van der Waals surface area contributed by atoms with Crippen LogP contribution in [0.4, 0.5) is 0 Å². The van der Waals surface area contributed by atoms with E-state index in [4.69, 9.17) is 27.9 Å². The van der Waals surface area contributed by atoms with Crippen molar-refractivity contribution < 1.29 is 17.9 Å². The van der Waals surface area contributed by atoms with Gasteiger partial charge in [0.1, 0.15) is 5.75 Å². The number of halogens is 2. The summed E-state index contributed by atoms with van der Waals surface area (Å²) in [5.41, 5.74) is 0. The number of sulfonamides is 1. The Hall–Kier alpha value is -1.02. The molecule has 0 aliphatic carbocycles. The molecule has 1 unspecified atom stereocenters. The van der Waals surface area contributed by atoms with Crippen LogP contribution in [0.2, 0.25) is 10.0 Å². The highest BCUT2D eigenvalue weighted by molar-refractivity contribution is 7.88. The van der Waals surface area contributed by atoms with Crippen LogP contribution in [0, 0.1) is 0 Å². The van der Waals surface area contributed by atoms with Crippen molar-refractivity contribution in [2.24, 2.45) is 0 Å². The zero-order valence-electron chi connectivity index (χ0n) is 13.9. The molecule has 0 aromatic heterocycles. The first-order chi connectivity index (χ1) is 11.1. The van der Waals surface area contributed by atoms with Crippen molar-refractivity contribution >= 4 is 39.1 Å². The first-order valence-corrected chi connectivity index (χ1v) is 10.1. The molecule has 1 atom stereocenters. The van der Waals surface area contributed by atoms with E-state index in [0.717, 1.165) is 6.26 Å². The molecule has 9 heteroatoms. The molecule has 0 fully saturated rings. The van der Waals surface area contributed by atoms with Gasteiger partial charge in [-0.1, -0.05) is 30.1 Å². The summed E-state index contributed by atoms with van der Waals surface area (Å²) in [5, 5.41) is 3.42. The molecule has 1 rings (SSSR count). The number of nitrogens with zero attached hydrogens (tertiary/aromatic N) is 1. The van der Waals surface area contributed by atoms with Crippen LogP contribution in [0.25, 0.3) is 0 Å². The fourth-order valence-electron chi connectivity index (χ4n) is 2.01. The average Bonchev–Trinajstić information content (AvgIpc) is 2.48. The van der Waals surface area contributed by atoms with Gasteiger partial charge in [0.05, 0.1) is 11.3 Å². The topological polar surface area (TPSA) is 75.7 Å². The molecule has 0 spiro atoms. The molecule has 1 aromatic carbocycles. The van der Waals surface area contributed by atoms with Crippen molar-refractivity contribution in [3.8, 4) is 5.75 Å². The van der Waals surface area contributed by atoms with Crippen molar-refractivity contribution in [2.45, 2.75) is 26.3 Å². The maximum absolute atomic E-state index is 11.8. The van der Waals surface area contributed by atoms with Crippen molar-refractivity contribution in [1.29, 1.82) is 0 Å². The summed E-state index contributed by atoms with van der Waals surface area (Å²) in [4.78, 5) is 11.8. The molecule has 0 radical (unpaired) electrons. The lowest BCUT2D eigenvalue weighted by Gasteiger charge is -2.25. The first-order valence-electron chi connectivity index (χ1n) is 7.46. The van der Waals surface area contributed by atoms with Crippen LogP contribution >= 0.6 is 23.2 Å². The monoisotopic (exact) mass is 396 g/mol. The Bertz CT molecular complexity index is 667. The number of hydrogen-bond acceptors (Lipinski definition) is 4. The van der Waals surface area contributed by atoms with Gasteiger partial charge < -0.3 is 10.1 Å². The average molecular weight is 397 g/mol. The predicted molar refractivity (Wildman–Crippen MR) is 96.3 cm³/mol. The summed E-state index contributed by atoms with van der Waals surface area (Å²) in [5.74, 6) is -0.00722. The van der Waals surface area contributed by atoms with E-state index in [0.29, 0.717) is 22.2 Å². The third kappa shape index (κ3) is 6.84. The van der Waals surface area contributed by atoms with Crippen molar-refractivity contribution in [2.75, 3.05) is 26.0 Å². The number of benzene rings is 1. The van der Waals surface area contributed by atoms with Crippen molar-refractivity contribution in [3.05, 3.63) is 28.2 Å². The second kappa shape index (κ2) is 9.46. The molecule has 1 N–H and O–H groups in total. The zero-order valence-corrected chi connectivity index (χ0v) is 16.2. The number of hydrogen-bond donors (Lipinski definition) is 1. The second-order valence-corrected chi connectivity index (χ2v) is 8.12. The molecule has 0 saturated heterocycles. The summed E-state index contributed by atoms with van der Waals surface area (Å²) >= 11 is 11.7. The number of carbonyl (C=O) groups excluding carboxylic acids is 1. The lowest BCUT2D eigenvalue weighted by atomic mass is 10.2. The molecule has 0 aliphatic rings. The Morgan fingerprint density at radius 2 is 2.04 bits per heavy atom. The van der Waals surface area contributed by atoms with Gasteiger partial charge in [-0.25, -0.2) is 8.42 Å². The van der Waals surface area contributed by atoms with E-state index in [1.165, 1.54) is 10.4 Å². The maximum Gasteiger partial charge on any atom is 0.257 e. The highest BCUT2D eigenvalue weighted by Gasteiger charge is 2.21. The van der Waals surface area contributed by atoms with Gasteiger partial charge in [-0.3, -0.25) is 4.79 Å². The fraction of sp³-hybridized carbons (Fsp3) is 0.533. The molecule has 6 nitrogen and oxygen atoms in total. The third-order valence-electron chi connectivity index (χ3n) is 3.42. The fourth-order valence-corrected chi connectivity index (χ4v) is 3.70. The number of amides is 1. The number of nitrogens with one attached hydrogen (secondary N) is 1. The van der Waals surface area contributed by atoms with Crippen LogP contribution in [0.15, 0.2) is 18.2 Å². The van der Waals surface area contributed by atoms with Gasteiger partial charge in [0.2, 0.25) is 10.0 Å². The van der Waals surface area contributed by atoms with E-state index in [1.54, 1.807) is 12.1 Å². The largest absolute Gasteiger partial charge is 0.482 e. The second-order valence-electron chi connectivity index (χ2n) is 5.34. The van der Waals surface area contributed by atoms with Gasteiger partial charge in [0.25, 0.3) is 5.91 Å². The Labute approximate surface area is 153 Å². The van der Waals surface area contributed by atoms with Crippen LogP contribution in [0.1, 0.15) is 20.3 Å². The van der Waals surface area contributed by atoms with Gasteiger partial charge in [-0.05, 0) is 31.5 Å². The molecule has 0 aliphatic heterocycles. The van der Waals surface area contributed by atoms with Gasteiger partial charge in [-0.15, -0.1) is 0 Å². The Kier molecular flexibility index (Phi) is 8.29. The molecular formula is C15H22Cl2N2O4S. The molecule has 1 aromatic rings. The Morgan fingerprint density at radius 3 is 2.58 bits per heavy atom. The van der Waals surface area contributed by atoms with E-state index < -0.39 is 10.0 Å². The van der Waals surface area contributed by atoms with Crippen LogP contribution in [0.5, 0.6) is 5.75 Å². The minimum atomic E-state index is -3.32. The summed E-state index contributed by atoms with van der Waals surface area (Å²) in [6.45, 7) is 3.93. The molecule has 24 heavy (non-hydrogen) atoms. The minimum absolute atomic E-state index is 0.124. The first kappa shape index (κ1) is 21.0. The zero-order chi connectivity index (χ0) is 18.3. The summed E-state index contributed by atoms with van der Waals surface area (Å²) in [6, 6.07) is 4.58. The maximum atomic E-state index is 11.8. The van der Waals surface area contributed by atoms with Crippen molar-refractivity contribution in [1.82, 2.24) is 9.62 Å². The lowest BCUT2D eigenvalue weighted by Crippen LogP contribution is -2.43. The standard InChI is InChI=1S/C15H22Cl2N2O4S/c1-4-11(2)19(24(3,21)22)8-7-18-15(20)10-23-14-6-5-12(16)9-13(14)17/h5-6,9,11H,4,7-8,10H2,1-3H3,(H,18,20). The van der Waals surface area contributed by atoms with Crippen LogP contribution in [-0.4, -0.2) is 50.6 Å². The highest BCUT2D eigenvalue weighted by Crippen LogP contribution is 2.27. The predicted octanol–water partition coefficient (Wildman–Crippen LogP) is 2.55. The molecule has 0 saturated carbocycles. The number of rotatable bonds is 9. The summed E-state index contributed by atoms with van der Waals surface area (Å²) < 4.78 is 30.2. The van der Waals surface area contributed by atoms with Gasteiger partial charge in [0.15, 0.2) is 6.61 Å². The van der Waals surface area contributed by atoms with Crippen LogP contribution in [-0.2, 0) is 14.8 Å². The van der Waals surface area contributed by atoms with Gasteiger partial charge in [0, 0.05) is 24.2 Å². The quantitative estimate of drug-likeness (QED) is 0.695. The number of carbonyl (C=O) groups is 1. The normalized spacial score (nSPS) is 12.9. The molecule has 0 heterocycles. The highest BCUT2D eigenvalue weighted by atomic mass is 35.5. The minimum Gasteiger partial charge on any atom is -0.482 e. The summed E-state index contributed by atoms with van der Waals surface area (Å²) in [6.07, 6.45) is 1.85. The van der Waals surface area contributed by atoms with E-state index in [2.05, 4.69) is 5.32 Å².